The minimum Gasteiger partial charge on any atom is -0.355 e. The highest BCUT2D eigenvalue weighted by atomic mass is 79.9. The van der Waals surface area contributed by atoms with E-state index in [2.05, 4.69) is 38.4 Å². The van der Waals surface area contributed by atoms with E-state index >= 15 is 0 Å². The number of amides is 1. The molecule has 0 aliphatic rings. The lowest BCUT2D eigenvalue weighted by molar-refractivity contribution is -0.118. The molecule has 0 saturated heterocycles. The van der Waals surface area contributed by atoms with Crippen LogP contribution in [0.15, 0.2) is 63.0 Å². The van der Waals surface area contributed by atoms with Crippen molar-refractivity contribution in [1.29, 1.82) is 0 Å². The molecule has 3 rings (SSSR count). The standard InChI is InChI=1S/C21H22BrN3O2S/c1-2-25-20(27)17-13-16(22)10-11-18(17)24-21(25)28-14-19(26)23-12-6-9-15-7-4-3-5-8-15/h3-5,7-8,10-11,13H,2,6,9,12,14H2,1H3,(H,23,26). The van der Waals surface area contributed by atoms with Crippen LogP contribution in [0.25, 0.3) is 10.9 Å². The topological polar surface area (TPSA) is 64.0 Å². The van der Waals surface area contributed by atoms with Gasteiger partial charge in [0.15, 0.2) is 5.16 Å². The number of halogens is 1. The van der Waals surface area contributed by atoms with Gasteiger partial charge in [0.05, 0.1) is 16.7 Å². The Bertz CT molecular complexity index is 1020. The van der Waals surface area contributed by atoms with Crippen LogP contribution in [0.5, 0.6) is 0 Å². The number of benzene rings is 2. The number of aromatic nitrogens is 2. The van der Waals surface area contributed by atoms with Gasteiger partial charge in [-0.25, -0.2) is 4.98 Å². The van der Waals surface area contributed by atoms with E-state index in [-0.39, 0.29) is 17.2 Å². The van der Waals surface area contributed by atoms with Crippen molar-refractivity contribution in [3.05, 3.63) is 68.9 Å². The molecule has 0 fully saturated rings. The molecule has 0 saturated carbocycles. The lowest BCUT2D eigenvalue weighted by Gasteiger charge is -2.11. The van der Waals surface area contributed by atoms with Crippen molar-refractivity contribution in [2.45, 2.75) is 31.5 Å². The van der Waals surface area contributed by atoms with Crippen molar-refractivity contribution >= 4 is 44.5 Å². The van der Waals surface area contributed by atoms with E-state index in [0.29, 0.717) is 29.1 Å². The number of hydrogen-bond acceptors (Lipinski definition) is 4. The van der Waals surface area contributed by atoms with Gasteiger partial charge in [-0.3, -0.25) is 14.2 Å². The first-order valence-corrected chi connectivity index (χ1v) is 11.0. The van der Waals surface area contributed by atoms with Crippen LogP contribution in [0.4, 0.5) is 0 Å². The zero-order valence-electron chi connectivity index (χ0n) is 15.7. The predicted octanol–water partition coefficient (Wildman–Crippen LogP) is 4.02. The Morgan fingerprint density at radius 2 is 2.00 bits per heavy atom. The monoisotopic (exact) mass is 459 g/mol. The predicted molar refractivity (Wildman–Crippen MR) is 118 cm³/mol. The van der Waals surface area contributed by atoms with Gasteiger partial charge in [-0.05, 0) is 43.5 Å². The molecule has 1 heterocycles. The first kappa shape index (κ1) is 20.6. The second-order valence-corrected chi connectivity index (χ2v) is 8.19. The average Bonchev–Trinajstić information content (AvgIpc) is 2.71. The number of rotatable bonds is 8. The molecule has 28 heavy (non-hydrogen) atoms. The number of nitrogens with one attached hydrogen (secondary N) is 1. The van der Waals surface area contributed by atoms with Crippen LogP contribution in [-0.4, -0.2) is 27.8 Å². The molecule has 1 aromatic heterocycles. The third-order valence-corrected chi connectivity index (χ3v) is 5.81. The van der Waals surface area contributed by atoms with Gasteiger partial charge < -0.3 is 5.32 Å². The van der Waals surface area contributed by atoms with Crippen molar-refractivity contribution in [1.82, 2.24) is 14.9 Å². The van der Waals surface area contributed by atoms with Gasteiger partial charge in [0.1, 0.15) is 0 Å². The maximum atomic E-state index is 12.7. The Balaban J connectivity index is 1.57. The summed E-state index contributed by atoms with van der Waals surface area (Å²) in [6.07, 6.45) is 1.83. The van der Waals surface area contributed by atoms with E-state index in [9.17, 15) is 9.59 Å². The number of nitrogens with zero attached hydrogens (tertiary/aromatic N) is 2. The molecule has 1 N–H and O–H groups in total. The summed E-state index contributed by atoms with van der Waals surface area (Å²) < 4.78 is 2.46. The number of fused-ring (bicyclic) bond motifs is 1. The van der Waals surface area contributed by atoms with Gasteiger partial charge >= 0.3 is 0 Å². The lowest BCUT2D eigenvalue weighted by atomic mass is 10.1. The van der Waals surface area contributed by atoms with Gasteiger partial charge in [0, 0.05) is 17.6 Å². The summed E-state index contributed by atoms with van der Waals surface area (Å²) in [6.45, 7) is 3.05. The fourth-order valence-corrected chi connectivity index (χ4v) is 4.16. The molecule has 1 amide bonds. The van der Waals surface area contributed by atoms with Crippen molar-refractivity contribution < 1.29 is 4.79 Å². The van der Waals surface area contributed by atoms with E-state index in [1.165, 1.54) is 17.3 Å². The Labute approximate surface area is 176 Å². The van der Waals surface area contributed by atoms with E-state index < -0.39 is 0 Å². The first-order chi connectivity index (χ1) is 13.6. The zero-order chi connectivity index (χ0) is 19.9. The fraction of sp³-hybridized carbons (Fsp3) is 0.286. The average molecular weight is 460 g/mol. The molecule has 0 unspecified atom stereocenters. The minimum absolute atomic E-state index is 0.0501. The highest BCUT2D eigenvalue weighted by Crippen LogP contribution is 2.20. The summed E-state index contributed by atoms with van der Waals surface area (Å²) in [5.74, 6) is 0.186. The van der Waals surface area contributed by atoms with Crippen molar-refractivity contribution in [3.8, 4) is 0 Å². The normalized spacial score (nSPS) is 10.9. The fourth-order valence-electron chi connectivity index (χ4n) is 2.91. The molecule has 5 nitrogen and oxygen atoms in total. The van der Waals surface area contributed by atoms with Crippen LogP contribution in [0.2, 0.25) is 0 Å². The van der Waals surface area contributed by atoms with E-state index in [4.69, 9.17) is 0 Å². The van der Waals surface area contributed by atoms with Gasteiger partial charge in [0.25, 0.3) is 5.56 Å². The van der Waals surface area contributed by atoms with Crippen LogP contribution in [0.1, 0.15) is 18.9 Å². The maximum absolute atomic E-state index is 12.7. The molecule has 7 heteroatoms. The number of hydrogen-bond donors (Lipinski definition) is 1. The zero-order valence-corrected chi connectivity index (χ0v) is 18.1. The first-order valence-electron chi connectivity index (χ1n) is 9.22. The number of carbonyl (C=O) groups excluding carboxylic acids is 1. The summed E-state index contributed by atoms with van der Waals surface area (Å²) in [5.41, 5.74) is 1.83. The molecule has 146 valence electrons. The van der Waals surface area contributed by atoms with Gasteiger partial charge in [0.2, 0.25) is 5.91 Å². The third kappa shape index (κ3) is 5.23. The SMILES string of the molecule is CCn1c(SCC(=O)NCCCc2ccccc2)nc2ccc(Br)cc2c1=O. The summed E-state index contributed by atoms with van der Waals surface area (Å²) in [4.78, 5) is 29.5. The van der Waals surface area contributed by atoms with Crippen LogP contribution in [0, 0.1) is 0 Å². The number of aryl methyl sites for hydroxylation is 1. The highest BCUT2D eigenvalue weighted by molar-refractivity contribution is 9.10. The molecular weight excluding hydrogens is 438 g/mol. The summed E-state index contributed by atoms with van der Waals surface area (Å²) in [5, 5.41) is 4.08. The Morgan fingerprint density at radius 1 is 1.21 bits per heavy atom. The van der Waals surface area contributed by atoms with Crippen molar-refractivity contribution in [2.75, 3.05) is 12.3 Å². The Hall–Kier alpha value is -2.12. The number of thioether (sulfide) groups is 1. The summed E-state index contributed by atoms with van der Waals surface area (Å²) >= 11 is 4.69. The van der Waals surface area contributed by atoms with E-state index in [1.54, 1.807) is 10.6 Å². The third-order valence-electron chi connectivity index (χ3n) is 4.34. The molecule has 0 bridgehead atoms. The molecule has 0 aliphatic heterocycles. The number of carbonyl (C=O) groups is 1. The molecule has 0 spiro atoms. The highest BCUT2D eigenvalue weighted by Gasteiger charge is 2.12. The summed E-state index contributed by atoms with van der Waals surface area (Å²) in [7, 11) is 0. The van der Waals surface area contributed by atoms with Gasteiger partial charge in [-0.1, -0.05) is 58.0 Å². The van der Waals surface area contributed by atoms with E-state index in [1.807, 2.05) is 37.3 Å². The lowest BCUT2D eigenvalue weighted by Crippen LogP contribution is -2.27. The quantitative estimate of drug-likeness (QED) is 0.313. The van der Waals surface area contributed by atoms with Crippen LogP contribution in [-0.2, 0) is 17.8 Å². The van der Waals surface area contributed by atoms with Gasteiger partial charge in [-0.15, -0.1) is 0 Å². The molecule has 3 aromatic rings. The van der Waals surface area contributed by atoms with Crippen molar-refractivity contribution in [2.24, 2.45) is 0 Å². The molecular formula is C21H22BrN3O2S. The second kappa shape index (κ2) is 9.89. The van der Waals surface area contributed by atoms with Crippen LogP contribution < -0.4 is 10.9 Å². The largest absolute Gasteiger partial charge is 0.355 e. The smallest absolute Gasteiger partial charge is 0.262 e. The molecule has 2 aromatic carbocycles. The van der Waals surface area contributed by atoms with E-state index in [0.717, 1.165) is 17.3 Å². The molecule has 0 aliphatic carbocycles. The van der Waals surface area contributed by atoms with Crippen molar-refractivity contribution in [3.63, 3.8) is 0 Å². The van der Waals surface area contributed by atoms with Crippen LogP contribution in [0.3, 0.4) is 0 Å². The maximum Gasteiger partial charge on any atom is 0.262 e. The minimum atomic E-state index is -0.0837. The molecule has 0 radical (unpaired) electrons. The summed E-state index contributed by atoms with van der Waals surface area (Å²) in [6, 6.07) is 15.7. The Kier molecular flexibility index (Phi) is 7.28. The van der Waals surface area contributed by atoms with Crippen LogP contribution >= 0.6 is 27.7 Å². The Morgan fingerprint density at radius 3 is 2.75 bits per heavy atom. The second-order valence-electron chi connectivity index (χ2n) is 6.33. The molecule has 0 atom stereocenters. The van der Waals surface area contributed by atoms with Gasteiger partial charge in [-0.2, -0.15) is 0 Å².